The molecule has 4 N–H and O–H groups in total. The number of rotatable bonds is 4. The minimum absolute atomic E-state index is 0.0709. The summed E-state index contributed by atoms with van der Waals surface area (Å²) in [7, 11) is 1.67. The van der Waals surface area contributed by atoms with Crippen LogP contribution in [0.4, 0.5) is 0 Å². The van der Waals surface area contributed by atoms with Gasteiger partial charge in [-0.1, -0.05) is 46.3 Å². The Labute approximate surface area is 223 Å². The van der Waals surface area contributed by atoms with Gasteiger partial charge in [0, 0.05) is 18.4 Å². The van der Waals surface area contributed by atoms with Crippen LogP contribution in [-0.2, 0) is 9.47 Å². The lowest BCUT2D eigenvalue weighted by molar-refractivity contribution is -0.214. The molecule has 37 heavy (non-hydrogen) atoms. The van der Waals surface area contributed by atoms with E-state index in [1.54, 1.807) is 21.0 Å². The number of aliphatic hydroxyl groups is 4. The molecule has 0 bridgehead atoms. The fraction of sp³-hybridized carbons (Fsp3) is 0.935. The molecular weight excluding hydrogens is 468 g/mol. The van der Waals surface area contributed by atoms with E-state index in [0.717, 1.165) is 38.5 Å². The van der Waals surface area contributed by atoms with Gasteiger partial charge in [0.1, 0.15) is 6.10 Å². The lowest BCUT2D eigenvalue weighted by Crippen LogP contribution is -2.65. The van der Waals surface area contributed by atoms with Gasteiger partial charge < -0.3 is 29.9 Å². The van der Waals surface area contributed by atoms with E-state index >= 15 is 0 Å². The summed E-state index contributed by atoms with van der Waals surface area (Å²) in [6.45, 7) is 14.8. The summed E-state index contributed by atoms with van der Waals surface area (Å²) in [6, 6.07) is 0. The monoisotopic (exact) mass is 520 g/mol. The molecule has 5 aliphatic rings. The first kappa shape index (κ1) is 28.0. The first-order valence-corrected chi connectivity index (χ1v) is 14.7. The highest BCUT2D eigenvalue weighted by molar-refractivity contribution is 5.36. The Balaban J connectivity index is 1.45. The van der Waals surface area contributed by atoms with Crippen LogP contribution in [0.1, 0.15) is 93.4 Å². The minimum Gasteiger partial charge on any atom is -0.393 e. The third-order valence-electron chi connectivity index (χ3n) is 12.7. The molecule has 1 aliphatic heterocycles. The molecule has 0 unspecified atom stereocenters. The van der Waals surface area contributed by atoms with E-state index in [1.807, 2.05) is 0 Å². The molecule has 0 radical (unpaired) electrons. The number of ether oxygens (including phenoxy) is 2. The molecule has 4 fully saturated rings. The smallest absolute Gasteiger partial charge is 0.160 e. The zero-order valence-corrected chi connectivity index (χ0v) is 24.3. The second-order valence-corrected chi connectivity index (χ2v) is 15.2. The van der Waals surface area contributed by atoms with Crippen molar-refractivity contribution < 1.29 is 29.9 Å². The van der Waals surface area contributed by atoms with Gasteiger partial charge in [-0.2, -0.15) is 0 Å². The summed E-state index contributed by atoms with van der Waals surface area (Å²) in [6.07, 6.45) is 6.10. The average molecular weight is 521 g/mol. The Morgan fingerprint density at radius 1 is 1.00 bits per heavy atom. The van der Waals surface area contributed by atoms with Crippen LogP contribution in [0.15, 0.2) is 11.6 Å². The summed E-state index contributed by atoms with van der Waals surface area (Å²) < 4.78 is 12.0. The minimum atomic E-state index is -1.24. The van der Waals surface area contributed by atoms with Gasteiger partial charge in [0.05, 0.1) is 23.9 Å². The molecule has 0 spiro atoms. The Kier molecular flexibility index (Phi) is 6.63. The van der Waals surface area contributed by atoms with Crippen LogP contribution >= 0.6 is 0 Å². The van der Waals surface area contributed by atoms with Gasteiger partial charge in [0.25, 0.3) is 0 Å². The van der Waals surface area contributed by atoms with Crippen molar-refractivity contribution in [3.63, 3.8) is 0 Å². The molecule has 0 aromatic carbocycles. The van der Waals surface area contributed by atoms with Gasteiger partial charge >= 0.3 is 0 Å². The topological polar surface area (TPSA) is 99.4 Å². The van der Waals surface area contributed by atoms with Gasteiger partial charge in [-0.3, -0.25) is 0 Å². The Morgan fingerprint density at radius 2 is 1.68 bits per heavy atom. The van der Waals surface area contributed by atoms with Gasteiger partial charge in [0.2, 0.25) is 0 Å². The third kappa shape index (κ3) is 3.79. The summed E-state index contributed by atoms with van der Waals surface area (Å²) in [5, 5.41) is 44.0. The highest BCUT2D eigenvalue weighted by Crippen LogP contribution is 2.73. The maximum absolute atomic E-state index is 11.9. The molecule has 1 saturated heterocycles. The van der Waals surface area contributed by atoms with Gasteiger partial charge in [-0.25, -0.2) is 0 Å². The maximum Gasteiger partial charge on any atom is 0.160 e. The quantitative estimate of drug-likeness (QED) is 0.409. The predicted octanol–water partition coefficient (Wildman–Crippen LogP) is 4.43. The molecule has 0 aromatic heterocycles. The second kappa shape index (κ2) is 8.75. The lowest BCUT2D eigenvalue weighted by atomic mass is 9.37. The van der Waals surface area contributed by atoms with E-state index in [1.165, 1.54) is 5.57 Å². The van der Waals surface area contributed by atoms with E-state index in [2.05, 4.69) is 40.7 Å². The summed E-state index contributed by atoms with van der Waals surface area (Å²) in [4.78, 5) is 0. The molecule has 0 amide bonds. The standard InChI is InChI=1S/C31H52O6/c1-27(2)22-16-24(33)31(7)20-10-9-18(17-15-19(37-26(17)36-8)25(34)28(3,4)35)29(20,5)13-11-21(31)30(22,6)14-12-23(27)32/h10,17-19,21-26,32-35H,9,11-16H2,1-8H3/t17-,18-,19+,21-,22-,23+,24+,25-,26+,29-,30+,31-/m0/s1. The van der Waals surface area contributed by atoms with Crippen molar-refractivity contribution >= 4 is 0 Å². The Hall–Kier alpha value is -0.500. The van der Waals surface area contributed by atoms with Crippen LogP contribution in [0.5, 0.6) is 0 Å². The van der Waals surface area contributed by atoms with Gasteiger partial charge in [-0.05, 0) is 92.8 Å². The van der Waals surface area contributed by atoms with Crippen LogP contribution in [0.3, 0.4) is 0 Å². The van der Waals surface area contributed by atoms with E-state index in [4.69, 9.17) is 9.47 Å². The molecule has 6 heteroatoms. The van der Waals surface area contributed by atoms with Crippen molar-refractivity contribution in [3.8, 4) is 0 Å². The van der Waals surface area contributed by atoms with Crippen molar-refractivity contribution in [3.05, 3.63) is 11.6 Å². The zero-order valence-electron chi connectivity index (χ0n) is 24.3. The van der Waals surface area contributed by atoms with Crippen LogP contribution in [-0.4, -0.2) is 63.8 Å². The van der Waals surface area contributed by atoms with Crippen LogP contribution < -0.4 is 0 Å². The summed E-state index contributed by atoms with van der Waals surface area (Å²) in [5.41, 5.74) is -0.307. The zero-order chi connectivity index (χ0) is 27.3. The number of hydrogen-bond acceptors (Lipinski definition) is 6. The summed E-state index contributed by atoms with van der Waals surface area (Å²) >= 11 is 0. The highest BCUT2D eigenvalue weighted by Gasteiger charge is 2.68. The number of methoxy groups -OCH3 is 1. The first-order valence-electron chi connectivity index (χ1n) is 14.7. The number of fused-ring (bicyclic) bond motifs is 5. The largest absolute Gasteiger partial charge is 0.393 e. The lowest BCUT2D eigenvalue weighted by Gasteiger charge is -2.68. The number of hydrogen-bond donors (Lipinski definition) is 4. The summed E-state index contributed by atoms with van der Waals surface area (Å²) in [5.74, 6) is 1.08. The van der Waals surface area contributed by atoms with Gasteiger partial charge in [0.15, 0.2) is 6.29 Å². The van der Waals surface area contributed by atoms with Crippen molar-refractivity contribution in [2.75, 3.05) is 7.11 Å². The van der Waals surface area contributed by atoms with Crippen molar-refractivity contribution in [1.82, 2.24) is 0 Å². The molecule has 3 saturated carbocycles. The third-order valence-corrected chi connectivity index (χ3v) is 12.7. The van der Waals surface area contributed by atoms with Crippen molar-refractivity contribution in [2.24, 2.45) is 45.3 Å². The van der Waals surface area contributed by atoms with Crippen LogP contribution in [0.25, 0.3) is 0 Å². The van der Waals surface area contributed by atoms with Crippen LogP contribution in [0.2, 0.25) is 0 Å². The fourth-order valence-electron chi connectivity index (χ4n) is 10.6. The first-order chi connectivity index (χ1) is 17.0. The van der Waals surface area contributed by atoms with Gasteiger partial charge in [-0.15, -0.1) is 0 Å². The van der Waals surface area contributed by atoms with Crippen molar-refractivity contribution in [1.29, 1.82) is 0 Å². The number of allylic oxidation sites excluding steroid dienone is 1. The van der Waals surface area contributed by atoms with E-state index < -0.39 is 30.2 Å². The maximum atomic E-state index is 11.9. The molecule has 12 atom stereocenters. The van der Waals surface area contributed by atoms with E-state index in [-0.39, 0.29) is 33.7 Å². The Morgan fingerprint density at radius 3 is 2.30 bits per heavy atom. The van der Waals surface area contributed by atoms with Crippen LogP contribution in [0, 0.1) is 45.3 Å². The predicted molar refractivity (Wildman–Crippen MR) is 142 cm³/mol. The molecule has 5 rings (SSSR count). The Bertz CT molecular complexity index is 923. The van der Waals surface area contributed by atoms with E-state index in [0.29, 0.717) is 24.2 Å². The molecule has 6 nitrogen and oxygen atoms in total. The normalized spacial score (nSPS) is 52.2. The SMILES string of the molecule is CO[C@@H]1O[C@@H]([C@H](O)C(C)(C)O)C[C@H]1[C@@H]1CC=C2[C@]3(C)[C@H](O)C[C@H]4C(C)(C)[C@H](O)CC[C@]4(C)[C@@H]3CC[C@]21C. The highest BCUT2D eigenvalue weighted by atomic mass is 16.7. The fourth-order valence-corrected chi connectivity index (χ4v) is 10.6. The average Bonchev–Trinajstić information content (AvgIpc) is 3.38. The molecule has 212 valence electrons. The van der Waals surface area contributed by atoms with E-state index in [9.17, 15) is 20.4 Å². The van der Waals surface area contributed by atoms with Crippen molar-refractivity contribution in [2.45, 2.75) is 130 Å². The molecule has 0 aromatic rings. The molecule has 4 aliphatic carbocycles. The second-order valence-electron chi connectivity index (χ2n) is 15.2. The number of aliphatic hydroxyl groups excluding tert-OH is 3. The molecular formula is C31H52O6. The molecule has 1 heterocycles.